The highest BCUT2D eigenvalue weighted by Crippen LogP contribution is 2.38. The number of ether oxygens (including phenoxy) is 3. The van der Waals surface area contributed by atoms with Gasteiger partial charge in [-0.15, -0.1) is 0 Å². The first-order valence-electron chi connectivity index (χ1n) is 8.48. The molecular weight excluding hydrogens is 366 g/mol. The van der Waals surface area contributed by atoms with Crippen molar-refractivity contribution in [3.05, 3.63) is 63.1 Å². The molecule has 8 nitrogen and oxygen atoms in total. The first kappa shape index (κ1) is 19.2. The molecule has 0 saturated carbocycles. The van der Waals surface area contributed by atoms with E-state index in [0.29, 0.717) is 11.3 Å². The van der Waals surface area contributed by atoms with Gasteiger partial charge in [-0.3, -0.25) is 9.59 Å². The zero-order chi connectivity index (χ0) is 20.3. The van der Waals surface area contributed by atoms with Crippen LogP contribution in [0.4, 0.5) is 0 Å². The van der Waals surface area contributed by atoms with Crippen molar-refractivity contribution in [3.8, 4) is 11.5 Å². The van der Waals surface area contributed by atoms with Crippen LogP contribution in [0, 0.1) is 0 Å². The van der Waals surface area contributed by atoms with Crippen LogP contribution in [0.1, 0.15) is 33.8 Å². The Morgan fingerprint density at radius 1 is 1.25 bits per heavy atom. The van der Waals surface area contributed by atoms with E-state index in [0.717, 1.165) is 18.9 Å². The van der Waals surface area contributed by atoms with Gasteiger partial charge in [0, 0.05) is 17.7 Å². The van der Waals surface area contributed by atoms with Gasteiger partial charge in [0.15, 0.2) is 0 Å². The lowest BCUT2D eigenvalue weighted by atomic mass is 9.86. The third-order valence-corrected chi connectivity index (χ3v) is 4.56. The fraction of sp³-hybridized carbons (Fsp3) is 0.250. The Morgan fingerprint density at radius 2 is 2.00 bits per heavy atom. The summed E-state index contributed by atoms with van der Waals surface area (Å²) in [6.45, 7) is 0.111. The van der Waals surface area contributed by atoms with Gasteiger partial charge in [0.1, 0.15) is 23.7 Å². The SMILES string of the molecule is COC(=O)C[C@@H](C1=Cc2ccccc2OC1)c1c(O)c(C(=O)OC)c[nH]c1=O. The summed E-state index contributed by atoms with van der Waals surface area (Å²) in [6, 6.07) is 7.30. The summed E-state index contributed by atoms with van der Waals surface area (Å²) in [5.41, 5.74) is 0.414. The molecular formula is C20H19NO7. The average Bonchev–Trinajstić information content (AvgIpc) is 2.72. The zero-order valence-corrected chi connectivity index (χ0v) is 15.4. The lowest BCUT2D eigenvalue weighted by Crippen LogP contribution is -2.25. The van der Waals surface area contributed by atoms with E-state index in [2.05, 4.69) is 9.72 Å². The number of para-hydroxylation sites is 1. The lowest BCUT2D eigenvalue weighted by molar-refractivity contribution is -0.140. The predicted molar refractivity (Wildman–Crippen MR) is 99.4 cm³/mol. The summed E-state index contributed by atoms with van der Waals surface area (Å²) in [7, 11) is 2.39. The molecule has 8 heteroatoms. The van der Waals surface area contributed by atoms with E-state index in [1.54, 1.807) is 12.1 Å². The van der Waals surface area contributed by atoms with Crippen LogP contribution in [0.25, 0.3) is 6.08 Å². The Balaban J connectivity index is 2.15. The molecule has 146 valence electrons. The number of aromatic nitrogens is 1. The van der Waals surface area contributed by atoms with Gasteiger partial charge < -0.3 is 24.3 Å². The lowest BCUT2D eigenvalue weighted by Gasteiger charge is -2.25. The summed E-state index contributed by atoms with van der Waals surface area (Å²) in [4.78, 5) is 38.8. The smallest absolute Gasteiger partial charge is 0.343 e. The first-order chi connectivity index (χ1) is 13.5. The van der Waals surface area contributed by atoms with E-state index in [4.69, 9.17) is 9.47 Å². The number of rotatable bonds is 5. The molecule has 3 rings (SSSR count). The first-order valence-corrected chi connectivity index (χ1v) is 8.48. The van der Waals surface area contributed by atoms with E-state index in [1.807, 2.05) is 18.2 Å². The Hall–Kier alpha value is -3.55. The molecule has 1 aromatic carbocycles. The molecule has 1 aromatic heterocycles. The molecule has 0 bridgehead atoms. The average molecular weight is 385 g/mol. The molecule has 1 atom stereocenters. The van der Waals surface area contributed by atoms with Gasteiger partial charge in [-0.2, -0.15) is 0 Å². The Kier molecular flexibility index (Phi) is 5.49. The van der Waals surface area contributed by atoms with Gasteiger partial charge in [0.2, 0.25) is 0 Å². The zero-order valence-electron chi connectivity index (χ0n) is 15.4. The second-order valence-corrected chi connectivity index (χ2v) is 6.16. The second-order valence-electron chi connectivity index (χ2n) is 6.16. The summed E-state index contributed by atoms with van der Waals surface area (Å²) < 4.78 is 15.1. The number of hydrogen-bond donors (Lipinski definition) is 2. The third-order valence-electron chi connectivity index (χ3n) is 4.56. The molecule has 0 saturated heterocycles. The molecule has 1 aliphatic heterocycles. The van der Waals surface area contributed by atoms with E-state index >= 15 is 0 Å². The minimum atomic E-state index is -0.853. The number of methoxy groups -OCH3 is 2. The fourth-order valence-electron chi connectivity index (χ4n) is 3.13. The van der Waals surface area contributed by atoms with Crippen LogP contribution < -0.4 is 10.3 Å². The molecule has 0 aliphatic carbocycles. The maximum Gasteiger partial charge on any atom is 0.343 e. The van der Waals surface area contributed by atoms with Crippen molar-refractivity contribution in [1.29, 1.82) is 0 Å². The van der Waals surface area contributed by atoms with E-state index in [9.17, 15) is 19.5 Å². The molecule has 1 aliphatic rings. The van der Waals surface area contributed by atoms with Crippen LogP contribution >= 0.6 is 0 Å². The highest BCUT2D eigenvalue weighted by molar-refractivity contribution is 5.92. The van der Waals surface area contributed by atoms with Crippen molar-refractivity contribution in [2.45, 2.75) is 12.3 Å². The van der Waals surface area contributed by atoms with Crippen molar-refractivity contribution >= 4 is 18.0 Å². The molecule has 0 unspecified atom stereocenters. The highest BCUT2D eigenvalue weighted by Gasteiger charge is 2.31. The van der Waals surface area contributed by atoms with Crippen LogP contribution in [-0.2, 0) is 14.3 Å². The van der Waals surface area contributed by atoms with E-state index in [1.165, 1.54) is 7.11 Å². The van der Waals surface area contributed by atoms with Gasteiger partial charge in [-0.1, -0.05) is 18.2 Å². The molecule has 0 fully saturated rings. The van der Waals surface area contributed by atoms with Gasteiger partial charge in [-0.05, 0) is 17.7 Å². The van der Waals surface area contributed by atoms with Crippen LogP contribution in [0.15, 0.2) is 40.8 Å². The summed E-state index contributed by atoms with van der Waals surface area (Å²) in [5.74, 6) is -2.11. The second kappa shape index (κ2) is 7.99. The number of esters is 2. The van der Waals surface area contributed by atoms with Crippen LogP contribution in [0.3, 0.4) is 0 Å². The Morgan fingerprint density at radius 3 is 2.71 bits per heavy atom. The highest BCUT2D eigenvalue weighted by atomic mass is 16.5. The van der Waals surface area contributed by atoms with Gasteiger partial charge in [-0.25, -0.2) is 4.79 Å². The number of benzene rings is 1. The number of aromatic hydroxyl groups is 1. The molecule has 2 heterocycles. The number of hydrogen-bond acceptors (Lipinski definition) is 7. The normalized spacial score (nSPS) is 13.6. The predicted octanol–water partition coefficient (Wildman–Crippen LogP) is 1.99. The minimum Gasteiger partial charge on any atom is -0.506 e. The molecule has 28 heavy (non-hydrogen) atoms. The number of carbonyl (C=O) groups is 2. The van der Waals surface area contributed by atoms with E-state index in [-0.39, 0.29) is 24.2 Å². The molecule has 2 N–H and O–H groups in total. The number of pyridine rings is 1. The van der Waals surface area contributed by atoms with Gasteiger partial charge in [0.05, 0.1) is 26.2 Å². The van der Waals surface area contributed by atoms with Crippen molar-refractivity contribution in [3.63, 3.8) is 0 Å². The number of nitrogens with one attached hydrogen (secondary N) is 1. The molecule has 0 radical (unpaired) electrons. The molecule has 0 spiro atoms. The van der Waals surface area contributed by atoms with Crippen LogP contribution in [-0.4, -0.2) is 42.9 Å². The van der Waals surface area contributed by atoms with Crippen LogP contribution in [0.2, 0.25) is 0 Å². The largest absolute Gasteiger partial charge is 0.506 e. The van der Waals surface area contributed by atoms with Crippen molar-refractivity contribution in [2.24, 2.45) is 0 Å². The standard InChI is InChI=1S/C20H19NO7/c1-26-16(22)8-13(12-7-11-5-3-4-6-15(11)28-10-12)17-18(23)14(20(25)27-2)9-21-19(17)24/h3-7,9,13H,8,10H2,1-2H3,(H2,21,23,24)/t13-/m0/s1. The topological polar surface area (TPSA) is 115 Å². The van der Waals surface area contributed by atoms with E-state index < -0.39 is 29.2 Å². The number of aromatic amines is 1. The summed E-state index contributed by atoms with van der Waals surface area (Å²) >= 11 is 0. The van der Waals surface area contributed by atoms with Crippen molar-refractivity contribution in [1.82, 2.24) is 4.98 Å². The Bertz CT molecular complexity index is 1010. The number of fused-ring (bicyclic) bond motifs is 1. The van der Waals surface area contributed by atoms with Crippen molar-refractivity contribution in [2.75, 3.05) is 20.8 Å². The van der Waals surface area contributed by atoms with Gasteiger partial charge >= 0.3 is 11.9 Å². The number of carbonyl (C=O) groups excluding carboxylic acids is 2. The summed E-state index contributed by atoms with van der Waals surface area (Å²) in [5, 5.41) is 10.6. The maximum absolute atomic E-state index is 12.5. The Labute approximate surface area is 160 Å². The third kappa shape index (κ3) is 3.62. The minimum absolute atomic E-state index is 0.111. The monoisotopic (exact) mass is 385 g/mol. The maximum atomic E-state index is 12.5. The molecule has 2 aromatic rings. The van der Waals surface area contributed by atoms with Gasteiger partial charge in [0.25, 0.3) is 5.56 Å². The molecule has 0 amide bonds. The fourth-order valence-corrected chi connectivity index (χ4v) is 3.13. The van der Waals surface area contributed by atoms with Crippen molar-refractivity contribution < 1.29 is 28.9 Å². The number of H-pyrrole nitrogens is 1. The summed E-state index contributed by atoms with van der Waals surface area (Å²) in [6.07, 6.45) is 2.66. The quantitative estimate of drug-likeness (QED) is 0.756. The van der Waals surface area contributed by atoms with Crippen LogP contribution in [0.5, 0.6) is 11.5 Å².